The van der Waals surface area contributed by atoms with Gasteiger partial charge in [0, 0.05) is 12.1 Å². The third kappa shape index (κ3) is 7.24. The van der Waals surface area contributed by atoms with Crippen molar-refractivity contribution in [2.24, 2.45) is 0 Å². The Morgan fingerprint density at radius 2 is 2.00 bits per heavy atom. The Hall–Kier alpha value is -0.870. The zero-order valence-corrected chi connectivity index (χ0v) is 8.39. The number of nitrogens with zero attached hydrogens (tertiary/aromatic N) is 1. The van der Waals surface area contributed by atoms with Crippen LogP contribution in [0.5, 0.6) is 0 Å². The van der Waals surface area contributed by atoms with Crippen LogP contribution in [0.25, 0.3) is 0 Å². The highest BCUT2D eigenvalue weighted by molar-refractivity contribution is 5.86. The first-order chi connectivity index (χ1) is 5.04. The Morgan fingerprint density at radius 3 is 2.33 bits per heavy atom. The van der Waals surface area contributed by atoms with Crippen molar-refractivity contribution in [3.05, 3.63) is 12.2 Å². The summed E-state index contributed by atoms with van der Waals surface area (Å²) >= 11 is 0. The first kappa shape index (κ1) is 13.7. The summed E-state index contributed by atoms with van der Waals surface area (Å²) < 4.78 is 4.83. The molecule has 0 amide bonds. The molecule has 0 saturated carbocycles. The summed E-state index contributed by atoms with van der Waals surface area (Å²) in [6, 6.07) is 0. The van der Waals surface area contributed by atoms with Gasteiger partial charge < -0.3 is 15.8 Å². The maximum absolute atomic E-state index is 10.8. The lowest BCUT2D eigenvalue weighted by atomic mass is 10.4. The molecule has 0 heterocycles. The molecule has 0 fully saturated rings. The smallest absolute Gasteiger partial charge is 0.333 e. The van der Waals surface area contributed by atoms with E-state index in [4.69, 9.17) is 4.74 Å². The molecule has 0 aliphatic carbocycles. The molecule has 0 aromatic heterocycles. The Kier molecular flexibility index (Phi) is 7.78. The minimum atomic E-state index is -0.313. The molecule has 0 unspecified atom stereocenters. The van der Waals surface area contributed by atoms with E-state index in [9.17, 15) is 4.79 Å². The number of likely N-dealkylation sites (N-methyl/N-ethyl adjacent to an activating group) is 1. The SMILES string of the molecule is C=C(C)C(=O)OCCN(C)C.[NH4+]. The van der Waals surface area contributed by atoms with Crippen molar-refractivity contribution in [1.82, 2.24) is 11.1 Å². The number of ether oxygens (including phenoxy) is 1. The van der Waals surface area contributed by atoms with Crippen molar-refractivity contribution in [3.8, 4) is 0 Å². The fraction of sp³-hybridized carbons (Fsp3) is 0.625. The zero-order chi connectivity index (χ0) is 8.85. The van der Waals surface area contributed by atoms with Crippen LogP contribution in [0.3, 0.4) is 0 Å². The van der Waals surface area contributed by atoms with E-state index in [1.165, 1.54) is 0 Å². The average molecular weight is 175 g/mol. The van der Waals surface area contributed by atoms with Gasteiger partial charge in [-0.25, -0.2) is 4.79 Å². The maximum atomic E-state index is 10.8. The van der Waals surface area contributed by atoms with Crippen LogP contribution in [-0.4, -0.2) is 38.1 Å². The Balaban J connectivity index is 0. The predicted molar refractivity (Wildman–Crippen MR) is 50.3 cm³/mol. The molecule has 72 valence electrons. The minimum absolute atomic E-state index is 0. The second-order valence-electron chi connectivity index (χ2n) is 2.72. The maximum Gasteiger partial charge on any atom is 0.333 e. The summed E-state index contributed by atoms with van der Waals surface area (Å²) in [5, 5.41) is 0. The predicted octanol–water partition coefficient (Wildman–Crippen LogP) is 1.04. The summed E-state index contributed by atoms with van der Waals surface area (Å²) in [7, 11) is 3.85. The van der Waals surface area contributed by atoms with Gasteiger partial charge in [0.25, 0.3) is 0 Å². The number of hydrogen-bond donors (Lipinski definition) is 1. The molecule has 0 spiro atoms. The summed E-state index contributed by atoms with van der Waals surface area (Å²) in [4.78, 5) is 12.7. The number of esters is 1. The highest BCUT2D eigenvalue weighted by Crippen LogP contribution is 1.91. The lowest BCUT2D eigenvalue weighted by Gasteiger charge is -2.09. The van der Waals surface area contributed by atoms with Crippen molar-refractivity contribution in [3.63, 3.8) is 0 Å². The van der Waals surface area contributed by atoms with Crippen molar-refractivity contribution in [2.45, 2.75) is 6.92 Å². The topological polar surface area (TPSA) is 66.0 Å². The molecule has 0 aromatic rings. The molecule has 12 heavy (non-hydrogen) atoms. The molecular formula is C8H19N2O2+. The summed E-state index contributed by atoms with van der Waals surface area (Å²) in [5.74, 6) is -0.313. The number of carbonyl (C=O) groups excluding carboxylic acids is 1. The molecule has 0 aromatic carbocycles. The van der Waals surface area contributed by atoms with Crippen LogP contribution < -0.4 is 6.15 Å². The van der Waals surface area contributed by atoms with E-state index in [0.717, 1.165) is 6.54 Å². The second kappa shape index (κ2) is 6.82. The van der Waals surface area contributed by atoms with Gasteiger partial charge in [0.1, 0.15) is 6.61 Å². The Morgan fingerprint density at radius 1 is 1.50 bits per heavy atom. The van der Waals surface area contributed by atoms with Crippen LogP contribution in [-0.2, 0) is 9.53 Å². The van der Waals surface area contributed by atoms with E-state index >= 15 is 0 Å². The van der Waals surface area contributed by atoms with Gasteiger partial charge >= 0.3 is 5.97 Å². The van der Waals surface area contributed by atoms with Gasteiger partial charge in [0.2, 0.25) is 0 Å². The summed E-state index contributed by atoms with van der Waals surface area (Å²) in [5.41, 5.74) is 0.448. The largest absolute Gasteiger partial charge is 0.461 e. The molecular weight excluding hydrogens is 156 g/mol. The van der Waals surface area contributed by atoms with Crippen LogP contribution in [0.2, 0.25) is 0 Å². The first-order valence-corrected chi connectivity index (χ1v) is 3.51. The molecule has 0 radical (unpaired) electrons. The molecule has 0 atom stereocenters. The normalized spacial score (nSPS) is 9.00. The highest BCUT2D eigenvalue weighted by Gasteiger charge is 2.01. The van der Waals surface area contributed by atoms with Crippen molar-refractivity contribution in [1.29, 1.82) is 0 Å². The molecule has 0 bridgehead atoms. The van der Waals surface area contributed by atoms with Crippen molar-refractivity contribution >= 4 is 5.97 Å². The quantitative estimate of drug-likeness (QED) is 0.513. The lowest BCUT2D eigenvalue weighted by molar-refractivity contribution is -0.139. The average Bonchev–Trinajstić information content (AvgIpc) is 1.86. The molecule has 4 nitrogen and oxygen atoms in total. The van der Waals surface area contributed by atoms with E-state index in [0.29, 0.717) is 12.2 Å². The third-order valence-corrected chi connectivity index (χ3v) is 1.12. The van der Waals surface area contributed by atoms with E-state index in [-0.39, 0.29) is 12.1 Å². The van der Waals surface area contributed by atoms with Crippen LogP contribution >= 0.6 is 0 Å². The highest BCUT2D eigenvalue weighted by atomic mass is 16.5. The second-order valence-corrected chi connectivity index (χ2v) is 2.72. The first-order valence-electron chi connectivity index (χ1n) is 3.51. The lowest BCUT2D eigenvalue weighted by Crippen LogP contribution is -2.20. The van der Waals surface area contributed by atoms with Crippen molar-refractivity contribution in [2.75, 3.05) is 27.2 Å². The van der Waals surface area contributed by atoms with Gasteiger partial charge in [-0.05, 0) is 21.0 Å². The van der Waals surface area contributed by atoms with E-state index in [1.807, 2.05) is 19.0 Å². The molecule has 0 aliphatic heterocycles. The zero-order valence-electron chi connectivity index (χ0n) is 8.39. The third-order valence-electron chi connectivity index (χ3n) is 1.12. The molecule has 0 rings (SSSR count). The fourth-order valence-corrected chi connectivity index (χ4v) is 0.444. The molecule has 0 saturated heterocycles. The Bertz CT molecular complexity index is 155. The summed E-state index contributed by atoms with van der Waals surface area (Å²) in [6.07, 6.45) is 0. The summed E-state index contributed by atoms with van der Waals surface area (Å²) in [6.45, 7) is 6.28. The van der Waals surface area contributed by atoms with Gasteiger partial charge in [-0.1, -0.05) is 6.58 Å². The van der Waals surface area contributed by atoms with Crippen LogP contribution in [0.4, 0.5) is 0 Å². The van der Waals surface area contributed by atoms with Crippen LogP contribution in [0.15, 0.2) is 12.2 Å². The molecule has 4 N–H and O–H groups in total. The molecule has 4 heteroatoms. The Labute approximate surface area is 73.8 Å². The number of hydrogen-bond acceptors (Lipinski definition) is 3. The van der Waals surface area contributed by atoms with Gasteiger partial charge in [-0.2, -0.15) is 0 Å². The number of carbonyl (C=O) groups is 1. The van der Waals surface area contributed by atoms with Gasteiger partial charge in [-0.3, -0.25) is 0 Å². The van der Waals surface area contributed by atoms with E-state index < -0.39 is 0 Å². The molecule has 0 aliphatic rings. The van der Waals surface area contributed by atoms with E-state index in [2.05, 4.69) is 6.58 Å². The number of rotatable bonds is 4. The van der Waals surface area contributed by atoms with Crippen LogP contribution in [0, 0.1) is 0 Å². The standard InChI is InChI=1S/C8H15NO2.H3N/c1-7(2)8(10)11-6-5-9(3)4;/h1,5-6H2,2-4H3;1H3/p+1. The minimum Gasteiger partial charge on any atom is -0.461 e. The van der Waals surface area contributed by atoms with E-state index in [1.54, 1.807) is 6.92 Å². The van der Waals surface area contributed by atoms with Crippen LogP contribution in [0.1, 0.15) is 6.92 Å². The number of quaternary nitrogens is 1. The monoisotopic (exact) mass is 175 g/mol. The van der Waals surface area contributed by atoms with Gasteiger partial charge in [-0.15, -0.1) is 0 Å². The van der Waals surface area contributed by atoms with Gasteiger partial charge in [0.15, 0.2) is 0 Å². The van der Waals surface area contributed by atoms with Crippen molar-refractivity contribution < 1.29 is 9.53 Å². The van der Waals surface area contributed by atoms with Gasteiger partial charge in [0.05, 0.1) is 0 Å². The fourth-order valence-electron chi connectivity index (χ4n) is 0.444.